The van der Waals surface area contributed by atoms with Crippen LogP contribution >= 0.6 is 23.2 Å². The number of carbonyl (C=O) groups is 2. The molecule has 192 valence electrons. The summed E-state index contributed by atoms with van der Waals surface area (Å²) in [6.45, 7) is 4.56. The van der Waals surface area contributed by atoms with Gasteiger partial charge in [-0.3, -0.25) is 14.5 Å². The predicted molar refractivity (Wildman–Crippen MR) is 146 cm³/mol. The third-order valence-corrected chi connectivity index (χ3v) is 6.75. The van der Waals surface area contributed by atoms with Crippen LogP contribution in [0, 0.1) is 0 Å². The molecule has 1 unspecified atom stereocenters. The fraction of sp³-hybridized carbons (Fsp3) is 0.241. The third kappa shape index (κ3) is 5.17. The highest BCUT2D eigenvalue weighted by atomic mass is 35.5. The Labute approximate surface area is 226 Å². The number of aryl methyl sites for hydroxylation is 1. The van der Waals surface area contributed by atoms with Gasteiger partial charge in [0, 0.05) is 17.3 Å². The second-order valence-electron chi connectivity index (χ2n) is 8.58. The van der Waals surface area contributed by atoms with Crippen molar-refractivity contribution in [2.24, 2.45) is 0 Å². The minimum Gasteiger partial charge on any atom is -0.507 e. The van der Waals surface area contributed by atoms with E-state index in [1.807, 2.05) is 38.1 Å². The molecule has 1 atom stereocenters. The normalized spacial score (nSPS) is 16.8. The Morgan fingerprint density at radius 1 is 1.00 bits per heavy atom. The molecule has 0 radical (unpaired) electrons. The molecule has 0 spiro atoms. The Kier molecular flexibility index (Phi) is 8.10. The smallest absolute Gasteiger partial charge is 0.300 e. The van der Waals surface area contributed by atoms with E-state index in [2.05, 4.69) is 0 Å². The third-order valence-electron chi connectivity index (χ3n) is 6.19. The number of hydrogen-bond acceptors (Lipinski definition) is 5. The van der Waals surface area contributed by atoms with Gasteiger partial charge >= 0.3 is 0 Å². The van der Waals surface area contributed by atoms with Gasteiger partial charge in [-0.1, -0.05) is 67.4 Å². The molecule has 4 rings (SSSR count). The Bertz CT molecular complexity index is 1340. The molecule has 1 fully saturated rings. The van der Waals surface area contributed by atoms with Crippen LogP contribution in [-0.2, 0) is 16.0 Å². The summed E-state index contributed by atoms with van der Waals surface area (Å²) >= 11 is 12.6. The van der Waals surface area contributed by atoms with E-state index in [0.29, 0.717) is 23.6 Å². The molecule has 3 aromatic rings. The van der Waals surface area contributed by atoms with Gasteiger partial charge in [0.15, 0.2) is 5.75 Å². The summed E-state index contributed by atoms with van der Waals surface area (Å²) in [6, 6.07) is 16.6. The lowest BCUT2D eigenvalue weighted by Gasteiger charge is -2.26. The first kappa shape index (κ1) is 26.6. The SMILES string of the molecule is CCCOc1cccc(N2C(=O)C(=O)/C(=C(/O)c3cc(Cl)c(OC)c(Cl)c3)C2c2ccc(CC)cc2)c1. The van der Waals surface area contributed by atoms with Gasteiger partial charge in [-0.15, -0.1) is 0 Å². The number of methoxy groups -OCH3 is 1. The number of aliphatic hydroxyl groups is 1. The summed E-state index contributed by atoms with van der Waals surface area (Å²) < 4.78 is 11.0. The summed E-state index contributed by atoms with van der Waals surface area (Å²) in [5.41, 5.74) is 2.38. The van der Waals surface area contributed by atoms with Crippen molar-refractivity contribution in [3.05, 3.63) is 93.0 Å². The molecular weight excluding hydrogens is 513 g/mol. The van der Waals surface area contributed by atoms with E-state index in [4.69, 9.17) is 32.7 Å². The topological polar surface area (TPSA) is 76.1 Å². The first-order chi connectivity index (χ1) is 17.8. The van der Waals surface area contributed by atoms with Gasteiger partial charge in [0.25, 0.3) is 11.7 Å². The number of ketones is 1. The zero-order valence-electron chi connectivity index (χ0n) is 20.8. The van der Waals surface area contributed by atoms with Gasteiger partial charge in [0.05, 0.1) is 35.4 Å². The van der Waals surface area contributed by atoms with Crippen LogP contribution in [0.15, 0.2) is 66.2 Å². The van der Waals surface area contributed by atoms with Crippen molar-refractivity contribution in [2.75, 3.05) is 18.6 Å². The van der Waals surface area contributed by atoms with Crippen LogP contribution in [0.4, 0.5) is 5.69 Å². The average Bonchev–Trinajstić information content (AvgIpc) is 3.17. The van der Waals surface area contributed by atoms with Gasteiger partial charge in [0.1, 0.15) is 11.5 Å². The fourth-order valence-corrected chi connectivity index (χ4v) is 4.98. The van der Waals surface area contributed by atoms with E-state index in [1.165, 1.54) is 24.1 Å². The van der Waals surface area contributed by atoms with Crippen molar-refractivity contribution in [2.45, 2.75) is 32.7 Å². The molecule has 1 N–H and O–H groups in total. The number of hydrogen-bond donors (Lipinski definition) is 1. The van der Waals surface area contributed by atoms with Crippen molar-refractivity contribution in [1.29, 1.82) is 0 Å². The summed E-state index contributed by atoms with van der Waals surface area (Å²) in [5.74, 6) is -1.13. The second-order valence-corrected chi connectivity index (χ2v) is 9.40. The molecule has 0 bridgehead atoms. The number of amides is 1. The maximum atomic E-state index is 13.4. The molecule has 1 saturated heterocycles. The Hall–Kier alpha value is -3.48. The minimum absolute atomic E-state index is 0.0635. The first-order valence-corrected chi connectivity index (χ1v) is 12.7. The molecular formula is C29H27Cl2NO5. The number of halogens is 2. The van der Waals surface area contributed by atoms with E-state index in [-0.39, 0.29) is 32.7 Å². The Balaban J connectivity index is 1.91. The van der Waals surface area contributed by atoms with Crippen LogP contribution in [0.1, 0.15) is 43.0 Å². The largest absolute Gasteiger partial charge is 0.507 e. The lowest BCUT2D eigenvalue weighted by Crippen LogP contribution is -2.29. The van der Waals surface area contributed by atoms with Crippen molar-refractivity contribution < 1.29 is 24.2 Å². The molecule has 0 aliphatic carbocycles. The van der Waals surface area contributed by atoms with Crippen molar-refractivity contribution in [1.82, 2.24) is 0 Å². The van der Waals surface area contributed by atoms with E-state index in [0.717, 1.165) is 18.4 Å². The molecule has 3 aromatic carbocycles. The highest BCUT2D eigenvalue weighted by molar-refractivity contribution is 6.51. The lowest BCUT2D eigenvalue weighted by atomic mass is 9.94. The molecule has 1 aliphatic rings. The minimum atomic E-state index is -0.882. The number of anilines is 1. The second kappa shape index (κ2) is 11.3. The van der Waals surface area contributed by atoms with Crippen LogP contribution in [0.3, 0.4) is 0 Å². The van der Waals surface area contributed by atoms with Gasteiger partial charge in [-0.2, -0.15) is 0 Å². The van der Waals surface area contributed by atoms with Gasteiger partial charge in [0.2, 0.25) is 0 Å². The fourth-order valence-electron chi connectivity index (χ4n) is 4.34. The summed E-state index contributed by atoms with van der Waals surface area (Å²) in [6.07, 6.45) is 1.66. The number of aliphatic hydroxyl groups excluding tert-OH is 1. The number of carbonyl (C=O) groups excluding carboxylic acids is 2. The number of rotatable bonds is 8. The quantitative estimate of drug-likeness (QED) is 0.190. The van der Waals surface area contributed by atoms with Crippen LogP contribution < -0.4 is 14.4 Å². The lowest BCUT2D eigenvalue weighted by molar-refractivity contribution is -0.132. The number of Topliss-reactive ketones (excluding diaryl/α,β-unsaturated/α-hetero) is 1. The van der Waals surface area contributed by atoms with Gasteiger partial charge in [-0.05, 0) is 48.2 Å². The highest BCUT2D eigenvalue weighted by Crippen LogP contribution is 2.44. The summed E-state index contributed by atoms with van der Waals surface area (Å²) in [7, 11) is 1.43. The molecule has 0 saturated carbocycles. The predicted octanol–water partition coefficient (Wildman–Crippen LogP) is 6.98. The van der Waals surface area contributed by atoms with Crippen LogP contribution in [0.5, 0.6) is 11.5 Å². The molecule has 1 heterocycles. The molecule has 1 amide bonds. The Morgan fingerprint density at radius 3 is 2.27 bits per heavy atom. The van der Waals surface area contributed by atoms with Crippen molar-refractivity contribution >= 4 is 46.3 Å². The molecule has 8 heteroatoms. The standard InChI is InChI=1S/C29H27Cl2NO5/c1-4-13-37-21-8-6-7-20(16-21)32-25(18-11-9-17(5-2)10-12-18)24(27(34)29(32)35)26(33)19-14-22(30)28(36-3)23(31)15-19/h6-12,14-16,25,33H,4-5,13H2,1-3H3/b26-24+. The van der Waals surface area contributed by atoms with E-state index in [9.17, 15) is 14.7 Å². The van der Waals surface area contributed by atoms with Gasteiger partial charge < -0.3 is 14.6 Å². The van der Waals surface area contributed by atoms with E-state index < -0.39 is 17.7 Å². The molecule has 6 nitrogen and oxygen atoms in total. The zero-order chi connectivity index (χ0) is 26.7. The van der Waals surface area contributed by atoms with Crippen LogP contribution in [0.2, 0.25) is 10.0 Å². The van der Waals surface area contributed by atoms with Crippen molar-refractivity contribution in [3.8, 4) is 11.5 Å². The molecule has 0 aromatic heterocycles. The maximum Gasteiger partial charge on any atom is 0.300 e. The average molecular weight is 540 g/mol. The Morgan fingerprint density at radius 2 is 1.68 bits per heavy atom. The summed E-state index contributed by atoms with van der Waals surface area (Å²) in [5, 5.41) is 11.7. The van der Waals surface area contributed by atoms with Gasteiger partial charge in [-0.25, -0.2) is 0 Å². The first-order valence-electron chi connectivity index (χ1n) is 12.0. The van der Waals surface area contributed by atoms with Crippen LogP contribution in [0.25, 0.3) is 5.76 Å². The van der Waals surface area contributed by atoms with E-state index in [1.54, 1.807) is 24.3 Å². The summed E-state index contributed by atoms with van der Waals surface area (Å²) in [4.78, 5) is 28.3. The number of ether oxygens (including phenoxy) is 2. The highest BCUT2D eigenvalue weighted by Gasteiger charge is 2.47. The molecule has 1 aliphatic heterocycles. The van der Waals surface area contributed by atoms with Crippen molar-refractivity contribution in [3.63, 3.8) is 0 Å². The maximum absolute atomic E-state index is 13.4. The van der Waals surface area contributed by atoms with E-state index >= 15 is 0 Å². The number of benzene rings is 3. The molecule has 37 heavy (non-hydrogen) atoms. The monoisotopic (exact) mass is 539 g/mol. The number of nitrogens with zero attached hydrogens (tertiary/aromatic N) is 1. The van der Waals surface area contributed by atoms with Crippen LogP contribution in [-0.4, -0.2) is 30.5 Å². The zero-order valence-corrected chi connectivity index (χ0v) is 22.3.